The molecule has 0 spiro atoms. The van der Waals surface area contributed by atoms with Crippen molar-refractivity contribution < 1.29 is 19.7 Å². The fraction of sp³-hybridized carbons (Fsp3) is 0.533. The van der Waals surface area contributed by atoms with Crippen molar-refractivity contribution in [2.45, 2.75) is 25.4 Å². The van der Waals surface area contributed by atoms with Crippen LogP contribution in [0, 0.1) is 17.8 Å². The second kappa shape index (κ2) is 4.53. The fourth-order valence-corrected chi connectivity index (χ4v) is 3.83. The third kappa shape index (κ3) is 1.91. The third-order valence-electron chi connectivity index (χ3n) is 4.68. The number of carboxylic acid groups (broad SMARTS) is 1. The highest BCUT2D eigenvalue weighted by Gasteiger charge is 2.48. The Morgan fingerprint density at radius 2 is 2.16 bits per heavy atom. The molecule has 4 atom stereocenters. The van der Waals surface area contributed by atoms with Crippen LogP contribution in [0.1, 0.15) is 17.5 Å². The summed E-state index contributed by atoms with van der Waals surface area (Å²) >= 11 is 0. The minimum absolute atomic E-state index is 0.0482. The summed E-state index contributed by atoms with van der Waals surface area (Å²) in [5.41, 5.74) is 2.35. The van der Waals surface area contributed by atoms with Gasteiger partial charge in [-0.05, 0) is 48.3 Å². The van der Waals surface area contributed by atoms with E-state index in [9.17, 15) is 15.0 Å². The minimum Gasteiger partial charge on any atom is -0.496 e. The van der Waals surface area contributed by atoms with Crippen LogP contribution in [0.15, 0.2) is 18.2 Å². The summed E-state index contributed by atoms with van der Waals surface area (Å²) in [4.78, 5) is 11.3. The average molecular weight is 262 g/mol. The first kappa shape index (κ1) is 12.5. The van der Waals surface area contributed by atoms with Gasteiger partial charge in [-0.25, -0.2) is 0 Å². The molecular weight excluding hydrogens is 244 g/mol. The lowest BCUT2D eigenvalue weighted by Gasteiger charge is -2.30. The number of rotatable bonds is 2. The van der Waals surface area contributed by atoms with E-state index >= 15 is 0 Å². The number of aliphatic hydroxyl groups excluding tert-OH is 1. The van der Waals surface area contributed by atoms with E-state index in [-0.39, 0.29) is 11.8 Å². The zero-order chi connectivity index (χ0) is 13.6. The lowest BCUT2D eigenvalue weighted by atomic mass is 9.74. The molecule has 0 radical (unpaired) electrons. The van der Waals surface area contributed by atoms with Crippen molar-refractivity contribution in [1.29, 1.82) is 0 Å². The van der Waals surface area contributed by atoms with Crippen molar-refractivity contribution in [2.24, 2.45) is 17.8 Å². The van der Waals surface area contributed by atoms with E-state index in [0.29, 0.717) is 6.42 Å². The van der Waals surface area contributed by atoms with E-state index in [1.165, 1.54) is 11.1 Å². The molecule has 3 rings (SSSR count). The van der Waals surface area contributed by atoms with Crippen molar-refractivity contribution in [3.63, 3.8) is 0 Å². The van der Waals surface area contributed by atoms with E-state index in [4.69, 9.17) is 4.74 Å². The first-order valence-electron chi connectivity index (χ1n) is 6.67. The molecule has 102 valence electrons. The molecule has 1 saturated carbocycles. The van der Waals surface area contributed by atoms with Crippen LogP contribution in [-0.2, 0) is 17.6 Å². The lowest BCUT2D eigenvalue weighted by Crippen LogP contribution is -2.32. The molecule has 0 aliphatic heterocycles. The molecule has 4 heteroatoms. The second-order valence-corrected chi connectivity index (χ2v) is 5.60. The number of aliphatic hydroxyl groups is 1. The second-order valence-electron chi connectivity index (χ2n) is 5.60. The molecule has 1 fully saturated rings. The zero-order valence-electron chi connectivity index (χ0n) is 10.9. The molecule has 2 N–H and O–H groups in total. The summed E-state index contributed by atoms with van der Waals surface area (Å²) in [6.07, 6.45) is 1.41. The van der Waals surface area contributed by atoms with Crippen molar-refractivity contribution >= 4 is 5.97 Å². The predicted octanol–water partition coefficient (Wildman–Crippen LogP) is 1.49. The Balaban J connectivity index is 1.96. The molecule has 19 heavy (non-hydrogen) atoms. The normalized spacial score (nSPS) is 32.5. The number of fused-ring (bicyclic) bond motifs is 2. The number of aliphatic carboxylic acids is 1. The van der Waals surface area contributed by atoms with E-state index < -0.39 is 18.0 Å². The van der Waals surface area contributed by atoms with Crippen LogP contribution in [0.3, 0.4) is 0 Å². The smallest absolute Gasteiger partial charge is 0.309 e. The SMILES string of the molecule is COc1cccc2c1CC1C[C@@H](O)C(C(=O)O)C1C2. The van der Waals surface area contributed by atoms with Gasteiger partial charge in [0.15, 0.2) is 0 Å². The monoisotopic (exact) mass is 262 g/mol. The van der Waals surface area contributed by atoms with E-state index in [1.807, 2.05) is 18.2 Å². The van der Waals surface area contributed by atoms with Crippen LogP contribution in [0.25, 0.3) is 0 Å². The van der Waals surface area contributed by atoms with Gasteiger partial charge >= 0.3 is 5.97 Å². The van der Waals surface area contributed by atoms with Gasteiger partial charge in [0, 0.05) is 0 Å². The molecule has 1 aromatic rings. The Bertz CT molecular complexity index is 511. The quantitative estimate of drug-likeness (QED) is 0.847. The minimum atomic E-state index is -0.869. The third-order valence-corrected chi connectivity index (χ3v) is 4.68. The molecule has 0 amide bonds. The van der Waals surface area contributed by atoms with E-state index in [2.05, 4.69) is 0 Å². The number of carboxylic acids is 1. The predicted molar refractivity (Wildman–Crippen MR) is 69.1 cm³/mol. The highest BCUT2D eigenvalue weighted by Crippen LogP contribution is 2.46. The largest absolute Gasteiger partial charge is 0.496 e. The van der Waals surface area contributed by atoms with Crippen LogP contribution in [0.5, 0.6) is 5.75 Å². The Labute approximate surface area is 112 Å². The van der Waals surface area contributed by atoms with Crippen molar-refractivity contribution in [3.05, 3.63) is 29.3 Å². The van der Waals surface area contributed by atoms with Crippen molar-refractivity contribution in [3.8, 4) is 5.75 Å². The Kier molecular flexibility index (Phi) is 2.97. The molecule has 2 aliphatic rings. The summed E-state index contributed by atoms with van der Waals surface area (Å²) in [6, 6.07) is 5.93. The molecule has 0 saturated heterocycles. The van der Waals surface area contributed by atoms with Crippen molar-refractivity contribution in [1.82, 2.24) is 0 Å². The van der Waals surface area contributed by atoms with Crippen LogP contribution >= 0.6 is 0 Å². The molecule has 4 nitrogen and oxygen atoms in total. The van der Waals surface area contributed by atoms with Crippen LogP contribution < -0.4 is 4.74 Å². The first-order chi connectivity index (χ1) is 9.11. The molecule has 1 aromatic carbocycles. The van der Waals surface area contributed by atoms with E-state index in [0.717, 1.165) is 18.6 Å². The van der Waals surface area contributed by atoms with Gasteiger partial charge in [-0.1, -0.05) is 12.1 Å². The Hall–Kier alpha value is -1.55. The summed E-state index contributed by atoms with van der Waals surface area (Å²) in [5.74, 6) is -0.313. The Morgan fingerprint density at radius 1 is 1.37 bits per heavy atom. The van der Waals surface area contributed by atoms with Gasteiger partial charge in [0.05, 0.1) is 19.1 Å². The first-order valence-corrected chi connectivity index (χ1v) is 6.67. The maximum Gasteiger partial charge on any atom is 0.309 e. The number of hydrogen-bond donors (Lipinski definition) is 2. The van der Waals surface area contributed by atoms with Gasteiger partial charge in [0.2, 0.25) is 0 Å². The fourth-order valence-electron chi connectivity index (χ4n) is 3.83. The summed E-state index contributed by atoms with van der Waals surface area (Å²) in [7, 11) is 1.66. The Morgan fingerprint density at radius 3 is 2.84 bits per heavy atom. The van der Waals surface area contributed by atoms with Gasteiger partial charge in [-0.3, -0.25) is 4.79 Å². The molecule has 2 aliphatic carbocycles. The number of hydrogen-bond acceptors (Lipinski definition) is 3. The molecule has 0 heterocycles. The number of methoxy groups -OCH3 is 1. The number of ether oxygens (including phenoxy) is 1. The van der Waals surface area contributed by atoms with Crippen molar-refractivity contribution in [2.75, 3.05) is 7.11 Å². The van der Waals surface area contributed by atoms with Gasteiger partial charge in [-0.15, -0.1) is 0 Å². The van der Waals surface area contributed by atoms with E-state index in [1.54, 1.807) is 7.11 Å². The van der Waals surface area contributed by atoms with Crippen LogP contribution in [-0.4, -0.2) is 29.4 Å². The average Bonchev–Trinajstić information content (AvgIpc) is 2.70. The van der Waals surface area contributed by atoms with Gasteiger partial charge < -0.3 is 14.9 Å². The summed E-state index contributed by atoms with van der Waals surface area (Å²) in [6.45, 7) is 0. The maximum atomic E-state index is 11.3. The van der Waals surface area contributed by atoms with Gasteiger partial charge in [0.25, 0.3) is 0 Å². The zero-order valence-corrected chi connectivity index (χ0v) is 10.9. The van der Waals surface area contributed by atoms with Gasteiger partial charge in [-0.2, -0.15) is 0 Å². The summed E-state index contributed by atoms with van der Waals surface area (Å²) < 4.78 is 5.38. The molecular formula is C15H18O4. The number of carbonyl (C=O) groups is 1. The van der Waals surface area contributed by atoms with Crippen LogP contribution in [0.4, 0.5) is 0 Å². The summed E-state index contributed by atoms with van der Waals surface area (Å²) in [5, 5.41) is 19.3. The highest BCUT2D eigenvalue weighted by atomic mass is 16.5. The standard InChI is InChI=1S/C15H18O4/c1-19-13-4-2-3-8-5-11-9(6-10(8)13)7-12(16)14(11)15(17)18/h2-4,9,11-12,14,16H,5-7H2,1H3,(H,17,18)/t9?,11?,12-,14?/m1/s1. The van der Waals surface area contributed by atoms with Gasteiger partial charge in [0.1, 0.15) is 5.75 Å². The topological polar surface area (TPSA) is 66.8 Å². The van der Waals surface area contributed by atoms with Crippen LogP contribution in [0.2, 0.25) is 0 Å². The number of benzene rings is 1. The highest BCUT2D eigenvalue weighted by molar-refractivity contribution is 5.72. The molecule has 0 bridgehead atoms. The molecule has 3 unspecified atom stereocenters. The lowest BCUT2D eigenvalue weighted by molar-refractivity contribution is -0.146. The molecule has 0 aromatic heterocycles. The maximum absolute atomic E-state index is 11.3.